The molecule has 7 heteroatoms. The van der Waals surface area contributed by atoms with Gasteiger partial charge in [-0.1, -0.05) is 12.1 Å². The van der Waals surface area contributed by atoms with Gasteiger partial charge >= 0.3 is 6.03 Å². The van der Waals surface area contributed by atoms with E-state index in [-0.39, 0.29) is 18.0 Å². The molecule has 2 aromatic rings. The third-order valence-electron chi connectivity index (χ3n) is 4.39. The van der Waals surface area contributed by atoms with Gasteiger partial charge in [-0.2, -0.15) is 0 Å². The molecule has 0 spiro atoms. The summed E-state index contributed by atoms with van der Waals surface area (Å²) in [5.74, 6) is 1.01. The van der Waals surface area contributed by atoms with E-state index >= 15 is 0 Å². The summed E-state index contributed by atoms with van der Waals surface area (Å²) in [4.78, 5) is 14.3. The van der Waals surface area contributed by atoms with E-state index in [1.807, 2.05) is 0 Å². The highest BCUT2D eigenvalue weighted by Crippen LogP contribution is 2.32. The van der Waals surface area contributed by atoms with Crippen molar-refractivity contribution in [1.29, 1.82) is 0 Å². The number of nitrogens with zero attached hydrogens (tertiary/aromatic N) is 1. The van der Waals surface area contributed by atoms with E-state index in [2.05, 4.69) is 5.32 Å². The Morgan fingerprint density at radius 1 is 1.04 bits per heavy atom. The number of halogens is 1. The molecule has 2 aromatic carbocycles. The highest BCUT2D eigenvalue weighted by Gasteiger charge is 2.26. The van der Waals surface area contributed by atoms with E-state index < -0.39 is 0 Å². The van der Waals surface area contributed by atoms with E-state index in [0.29, 0.717) is 50.1 Å². The summed E-state index contributed by atoms with van der Waals surface area (Å²) in [7, 11) is 0. The minimum Gasteiger partial charge on any atom is -0.486 e. The summed E-state index contributed by atoms with van der Waals surface area (Å²) in [6, 6.07) is 11.3. The topological polar surface area (TPSA) is 60.0 Å². The second kappa shape index (κ2) is 7.21. The van der Waals surface area contributed by atoms with Crippen molar-refractivity contribution in [3.63, 3.8) is 0 Å². The quantitative estimate of drug-likeness (QED) is 0.896. The molecule has 1 N–H and O–H groups in total. The molecule has 1 fully saturated rings. The third-order valence-corrected chi connectivity index (χ3v) is 4.39. The predicted octanol–water partition coefficient (Wildman–Crippen LogP) is 3.20. The van der Waals surface area contributed by atoms with Crippen molar-refractivity contribution >= 4 is 11.7 Å². The molecule has 2 heterocycles. The normalized spacial score (nSPS) is 19.1. The summed E-state index contributed by atoms with van der Waals surface area (Å²) in [5, 5.41) is 2.88. The summed E-state index contributed by atoms with van der Waals surface area (Å²) in [6.07, 6.45) is -0.268. The van der Waals surface area contributed by atoms with Crippen LogP contribution in [0.2, 0.25) is 0 Å². The first-order valence-corrected chi connectivity index (χ1v) is 8.52. The van der Waals surface area contributed by atoms with Crippen LogP contribution >= 0.6 is 0 Å². The van der Waals surface area contributed by atoms with Crippen LogP contribution in [-0.4, -0.2) is 43.8 Å². The van der Waals surface area contributed by atoms with Crippen molar-refractivity contribution in [2.75, 3.05) is 38.2 Å². The van der Waals surface area contributed by atoms with Crippen LogP contribution in [0.3, 0.4) is 0 Å². The fourth-order valence-electron chi connectivity index (χ4n) is 3.04. The van der Waals surface area contributed by atoms with Crippen LogP contribution in [0, 0.1) is 5.82 Å². The first-order chi connectivity index (χ1) is 12.7. The molecule has 1 atom stereocenters. The number of anilines is 1. The largest absolute Gasteiger partial charge is 0.486 e. The molecule has 2 aliphatic rings. The number of ether oxygens (including phenoxy) is 3. The summed E-state index contributed by atoms with van der Waals surface area (Å²) < 4.78 is 29.8. The van der Waals surface area contributed by atoms with Gasteiger partial charge in [0.1, 0.15) is 25.1 Å². The second-order valence-electron chi connectivity index (χ2n) is 6.15. The monoisotopic (exact) mass is 358 g/mol. The number of carbonyl (C=O) groups excluding carboxylic acids is 1. The van der Waals surface area contributed by atoms with Crippen LogP contribution in [0.4, 0.5) is 14.9 Å². The van der Waals surface area contributed by atoms with Crippen LogP contribution in [-0.2, 0) is 4.74 Å². The van der Waals surface area contributed by atoms with Crippen LogP contribution in [0.5, 0.6) is 11.5 Å². The van der Waals surface area contributed by atoms with Crippen molar-refractivity contribution in [3.8, 4) is 11.5 Å². The van der Waals surface area contributed by atoms with E-state index in [1.54, 1.807) is 35.2 Å². The maximum absolute atomic E-state index is 13.1. The fraction of sp³-hybridized carbons (Fsp3) is 0.316. The first-order valence-electron chi connectivity index (χ1n) is 8.52. The van der Waals surface area contributed by atoms with Crippen LogP contribution < -0.4 is 14.8 Å². The molecule has 136 valence electrons. The Kier molecular flexibility index (Phi) is 4.62. The van der Waals surface area contributed by atoms with Gasteiger partial charge in [-0.3, -0.25) is 0 Å². The zero-order valence-electron chi connectivity index (χ0n) is 14.1. The number of benzene rings is 2. The molecule has 0 aromatic heterocycles. The average Bonchev–Trinajstić information content (AvgIpc) is 2.68. The Hall–Kier alpha value is -2.80. The van der Waals surface area contributed by atoms with Gasteiger partial charge in [-0.05, 0) is 29.8 Å². The lowest BCUT2D eigenvalue weighted by Crippen LogP contribution is -2.44. The molecule has 0 bridgehead atoms. The Morgan fingerprint density at radius 2 is 1.81 bits per heavy atom. The standard InChI is InChI=1S/C19H19FN2O4/c20-14-3-1-13(2-4-14)18-12-22(7-8-24-18)19(23)21-15-5-6-16-17(11-15)26-10-9-25-16/h1-6,11,18H,7-10,12H2,(H,21,23). The SMILES string of the molecule is O=C(Nc1ccc2c(c1)OCCO2)N1CCOC(c2ccc(F)cc2)C1. The number of fused-ring (bicyclic) bond motifs is 1. The van der Waals surface area contributed by atoms with Crippen molar-refractivity contribution in [3.05, 3.63) is 53.8 Å². The van der Waals surface area contributed by atoms with Crippen molar-refractivity contribution in [2.45, 2.75) is 6.10 Å². The van der Waals surface area contributed by atoms with E-state index in [4.69, 9.17) is 14.2 Å². The number of carbonyl (C=O) groups is 1. The van der Waals surface area contributed by atoms with Crippen molar-refractivity contribution < 1.29 is 23.4 Å². The van der Waals surface area contributed by atoms with E-state index in [0.717, 1.165) is 5.56 Å². The number of urea groups is 1. The molecular formula is C19H19FN2O4. The Bertz CT molecular complexity index is 797. The molecule has 1 unspecified atom stereocenters. The third kappa shape index (κ3) is 3.57. The van der Waals surface area contributed by atoms with Gasteiger partial charge < -0.3 is 24.4 Å². The molecule has 1 saturated heterocycles. The molecule has 4 rings (SSSR count). The van der Waals surface area contributed by atoms with E-state index in [9.17, 15) is 9.18 Å². The first kappa shape index (κ1) is 16.7. The average molecular weight is 358 g/mol. The lowest BCUT2D eigenvalue weighted by molar-refractivity contribution is -0.0135. The molecule has 6 nitrogen and oxygen atoms in total. The fourth-order valence-corrected chi connectivity index (χ4v) is 3.04. The minimum atomic E-state index is -0.294. The smallest absolute Gasteiger partial charge is 0.322 e. The highest BCUT2D eigenvalue weighted by molar-refractivity contribution is 5.89. The van der Waals surface area contributed by atoms with Gasteiger partial charge in [0.25, 0.3) is 0 Å². The molecule has 2 amide bonds. The summed E-state index contributed by atoms with van der Waals surface area (Å²) in [5.41, 5.74) is 1.49. The van der Waals surface area contributed by atoms with Gasteiger partial charge in [0.05, 0.1) is 13.2 Å². The number of morpholine rings is 1. The van der Waals surface area contributed by atoms with Gasteiger partial charge in [0.2, 0.25) is 0 Å². The van der Waals surface area contributed by atoms with Crippen molar-refractivity contribution in [2.24, 2.45) is 0 Å². The Labute approximate surface area is 150 Å². The second-order valence-corrected chi connectivity index (χ2v) is 6.15. The summed E-state index contributed by atoms with van der Waals surface area (Å²) >= 11 is 0. The van der Waals surface area contributed by atoms with Crippen molar-refractivity contribution in [1.82, 2.24) is 4.90 Å². The highest BCUT2D eigenvalue weighted by atomic mass is 19.1. The van der Waals surface area contributed by atoms with Crippen LogP contribution in [0.25, 0.3) is 0 Å². The number of hydrogen-bond donors (Lipinski definition) is 1. The zero-order valence-corrected chi connectivity index (χ0v) is 14.1. The molecule has 0 radical (unpaired) electrons. The maximum Gasteiger partial charge on any atom is 0.322 e. The molecule has 26 heavy (non-hydrogen) atoms. The number of rotatable bonds is 2. The predicted molar refractivity (Wildman–Crippen MR) is 93.1 cm³/mol. The van der Waals surface area contributed by atoms with Gasteiger partial charge in [0.15, 0.2) is 11.5 Å². The molecule has 0 aliphatic carbocycles. The number of hydrogen-bond acceptors (Lipinski definition) is 4. The zero-order chi connectivity index (χ0) is 17.9. The lowest BCUT2D eigenvalue weighted by atomic mass is 10.1. The number of nitrogens with one attached hydrogen (secondary N) is 1. The van der Waals surface area contributed by atoms with Gasteiger partial charge in [-0.25, -0.2) is 9.18 Å². The Balaban J connectivity index is 1.42. The Morgan fingerprint density at radius 3 is 2.62 bits per heavy atom. The van der Waals surface area contributed by atoms with Crippen LogP contribution in [0.1, 0.15) is 11.7 Å². The molecule has 2 aliphatic heterocycles. The number of amides is 2. The lowest BCUT2D eigenvalue weighted by Gasteiger charge is -2.33. The van der Waals surface area contributed by atoms with Gasteiger partial charge in [-0.15, -0.1) is 0 Å². The summed E-state index contributed by atoms with van der Waals surface area (Å²) in [6.45, 7) is 2.34. The van der Waals surface area contributed by atoms with Gasteiger partial charge in [0, 0.05) is 18.3 Å². The molecular weight excluding hydrogens is 339 g/mol. The maximum atomic E-state index is 13.1. The van der Waals surface area contributed by atoms with Crippen LogP contribution in [0.15, 0.2) is 42.5 Å². The molecule has 0 saturated carbocycles. The van der Waals surface area contributed by atoms with E-state index in [1.165, 1.54) is 12.1 Å². The minimum absolute atomic E-state index is 0.211.